The Bertz CT molecular complexity index is 821. The molecule has 0 fully saturated rings. The highest BCUT2D eigenvalue weighted by Crippen LogP contribution is 2.22. The Hall–Kier alpha value is -2.07. The fourth-order valence-corrected chi connectivity index (χ4v) is 3.68. The van der Waals surface area contributed by atoms with Gasteiger partial charge in [-0.15, -0.1) is 11.3 Å². The molecule has 1 aromatic carbocycles. The maximum atomic E-state index is 13.6. The van der Waals surface area contributed by atoms with Gasteiger partial charge in [0.2, 0.25) is 0 Å². The predicted molar refractivity (Wildman–Crippen MR) is 79.6 cm³/mol. The number of sulfonamides is 1. The molecule has 1 aromatic heterocycles. The molecule has 0 unspecified atom stereocenters. The molecule has 0 spiro atoms. The van der Waals surface area contributed by atoms with Crippen molar-refractivity contribution in [2.45, 2.75) is 18.2 Å². The molecular formula is C13H12F2N2O4S2. The first-order chi connectivity index (χ1) is 10.8. The van der Waals surface area contributed by atoms with Gasteiger partial charge in [-0.05, 0) is 19.1 Å². The number of aromatic nitrogens is 1. The molecule has 0 saturated heterocycles. The van der Waals surface area contributed by atoms with Gasteiger partial charge in [-0.25, -0.2) is 22.2 Å². The van der Waals surface area contributed by atoms with Gasteiger partial charge in [0.15, 0.2) is 5.13 Å². The number of anilines is 1. The second kappa shape index (κ2) is 7.01. The first kappa shape index (κ1) is 17.3. The van der Waals surface area contributed by atoms with Crippen LogP contribution in [0.2, 0.25) is 0 Å². The summed E-state index contributed by atoms with van der Waals surface area (Å²) in [7, 11) is -4.25. The minimum atomic E-state index is -4.25. The second-order valence-corrected chi connectivity index (χ2v) is 6.81. The van der Waals surface area contributed by atoms with Gasteiger partial charge in [-0.2, -0.15) is 0 Å². The molecule has 0 aliphatic heterocycles. The molecule has 124 valence electrons. The number of halogens is 2. The third kappa shape index (κ3) is 4.45. The SMILES string of the molecule is CCOC(=O)Cc1csc(NS(=O)(=O)c2ccc(F)cc2F)n1. The smallest absolute Gasteiger partial charge is 0.311 e. The van der Waals surface area contributed by atoms with Crippen molar-refractivity contribution < 1.29 is 26.7 Å². The van der Waals surface area contributed by atoms with E-state index in [0.29, 0.717) is 11.8 Å². The normalized spacial score (nSPS) is 11.3. The molecule has 0 saturated carbocycles. The van der Waals surface area contributed by atoms with Crippen LogP contribution in [0.25, 0.3) is 0 Å². The molecule has 23 heavy (non-hydrogen) atoms. The van der Waals surface area contributed by atoms with Crippen LogP contribution in [0.15, 0.2) is 28.5 Å². The van der Waals surface area contributed by atoms with Crippen LogP contribution in [0.5, 0.6) is 0 Å². The highest BCUT2D eigenvalue weighted by Gasteiger charge is 2.21. The van der Waals surface area contributed by atoms with Crippen LogP contribution in [0, 0.1) is 11.6 Å². The van der Waals surface area contributed by atoms with Crippen LogP contribution in [0.4, 0.5) is 13.9 Å². The summed E-state index contributed by atoms with van der Waals surface area (Å²) in [6.45, 7) is 1.89. The van der Waals surface area contributed by atoms with Gasteiger partial charge >= 0.3 is 5.97 Å². The average molecular weight is 362 g/mol. The Balaban J connectivity index is 2.15. The number of esters is 1. The first-order valence-electron chi connectivity index (χ1n) is 6.39. The summed E-state index contributed by atoms with van der Waals surface area (Å²) < 4.78 is 57.4. The van der Waals surface area contributed by atoms with E-state index in [1.54, 1.807) is 6.92 Å². The molecule has 0 atom stereocenters. The van der Waals surface area contributed by atoms with Crippen molar-refractivity contribution in [3.8, 4) is 0 Å². The molecule has 0 aliphatic rings. The summed E-state index contributed by atoms with van der Waals surface area (Å²) in [6, 6.07) is 2.13. The lowest BCUT2D eigenvalue weighted by Gasteiger charge is -2.06. The molecule has 0 bridgehead atoms. The van der Waals surface area contributed by atoms with E-state index in [9.17, 15) is 22.0 Å². The third-order valence-corrected chi connectivity index (χ3v) is 4.90. The van der Waals surface area contributed by atoms with Crippen LogP contribution >= 0.6 is 11.3 Å². The highest BCUT2D eigenvalue weighted by molar-refractivity contribution is 7.93. The van der Waals surface area contributed by atoms with Gasteiger partial charge < -0.3 is 4.74 Å². The number of thiazole rings is 1. The minimum Gasteiger partial charge on any atom is -0.466 e. The quantitative estimate of drug-likeness (QED) is 0.797. The van der Waals surface area contributed by atoms with E-state index in [0.717, 1.165) is 23.5 Å². The van der Waals surface area contributed by atoms with Crippen molar-refractivity contribution in [2.75, 3.05) is 11.3 Å². The fourth-order valence-electron chi connectivity index (χ4n) is 1.66. The summed E-state index contributed by atoms with van der Waals surface area (Å²) in [5.74, 6) is -2.58. The molecule has 2 rings (SSSR count). The van der Waals surface area contributed by atoms with Gasteiger partial charge in [0.05, 0.1) is 18.7 Å². The number of carbonyl (C=O) groups excluding carboxylic acids is 1. The third-order valence-electron chi connectivity index (χ3n) is 2.59. The van der Waals surface area contributed by atoms with Gasteiger partial charge in [-0.3, -0.25) is 9.52 Å². The lowest BCUT2D eigenvalue weighted by molar-refractivity contribution is -0.142. The average Bonchev–Trinajstić information content (AvgIpc) is 2.84. The van der Waals surface area contributed by atoms with Crippen molar-refractivity contribution >= 4 is 32.5 Å². The molecule has 10 heteroatoms. The number of hydrogen-bond acceptors (Lipinski definition) is 6. The van der Waals surface area contributed by atoms with Crippen molar-refractivity contribution in [1.29, 1.82) is 0 Å². The number of benzene rings is 1. The van der Waals surface area contributed by atoms with Crippen molar-refractivity contribution in [3.63, 3.8) is 0 Å². The lowest BCUT2D eigenvalue weighted by atomic mass is 10.3. The molecule has 1 N–H and O–H groups in total. The van der Waals surface area contributed by atoms with E-state index in [2.05, 4.69) is 9.71 Å². The largest absolute Gasteiger partial charge is 0.466 e. The monoisotopic (exact) mass is 362 g/mol. The lowest BCUT2D eigenvalue weighted by Crippen LogP contribution is -2.15. The summed E-state index contributed by atoms with van der Waals surface area (Å²) >= 11 is 0.934. The van der Waals surface area contributed by atoms with Crippen molar-refractivity contribution in [3.05, 3.63) is 40.9 Å². The van der Waals surface area contributed by atoms with E-state index >= 15 is 0 Å². The summed E-state index contributed by atoms with van der Waals surface area (Å²) in [6.07, 6.45) is -0.100. The van der Waals surface area contributed by atoms with E-state index in [4.69, 9.17) is 4.74 Å². The molecule has 1 heterocycles. The van der Waals surface area contributed by atoms with Crippen LogP contribution in [0.3, 0.4) is 0 Å². The zero-order valence-electron chi connectivity index (χ0n) is 11.9. The fraction of sp³-hybridized carbons (Fsp3) is 0.231. The van der Waals surface area contributed by atoms with E-state index < -0.39 is 32.5 Å². The van der Waals surface area contributed by atoms with Gasteiger partial charge in [0.25, 0.3) is 10.0 Å². The number of nitrogens with zero attached hydrogens (tertiary/aromatic N) is 1. The summed E-state index contributed by atoms with van der Waals surface area (Å²) in [5.41, 5.74) is 0.325. The van der Waals surface area contributed by atoms with Crippen molar-refractivity contribution in [1.82, 2.24) is 4.98 Å². The second-order valence-electron chi connectivity index (χ2n) is 4.31. The maximum absolute atomic E-state index is 13.6. The number of nitrogens with one attached hydrogen (secondary N) is 1. The summed E-state index contributed by atoms with van der Waals surface area (Å²) in [5, 5.41) is 1.45. The van der Waals surface area contributed by atoms with Crippen LogP contribution < -0.4 is 4.72 Å². The van der Waals surface area contributed by atoms with Gasteiger partial charge in [0.1, 0.15) is 16.5 Å². The molecule has 2 aromatic rings. The van der Waals surface area contributed by atoms with Gasteiger partial charge in [-0.1, -0.05) is 0 Å². The van der Waals surface area contributed by atoms with Crippen LogP contribution in [-0.2, 0) is 26.0 Å². The summed E-state index contributed by atoms with van der Waals surface area (Å²) in [4.78, 5) is 14.6. The van der Waals surface area contributed by atoms with Crippen LogP contribution in [-0.4, -0.2) is 26.0 Å². The Morgan fingerprint density at radius 2 is 2.13 bits per heavy atom. The minimum absolute atomic E-state index is 0.0342. The zero-order chi connectivity index (χ0) is 17.0. The molecule has 0 aliphatic carbocycles. The standard InChI is InChI=1S/C13H12F2N2O4S2/c1-2-21-12(18)6-9-7-22-13(16-9)17-23(19,20)11-4-3-8(14)5-10(11)15/h3-5,7H,2,6H2,1H3,(H,16,17). The first-order valence-corrected chi connectivity index (χ1v) is 8.76. The maximum Gasteiger partial charge on any atom is 0.311 e. The molecule has 0 amide bonds. The zero-order valence-corrected chi connectivity index (χ0v) is 13.5. The Morgan fingerprint density at radius 1 is 1.39 bits per heavy atom. The highest BCUT2D eigenvalue weighted by atomic mass is 32.2. The van der Waals surface area contributed by atoms with E-state index in [-0.39, 0.29) is 18.2 Å². The van der Waals surface area contributed by atoms with Gasteiger partial charge in [0, 0.05) is 11.4 Å². The number of ether oxygens (including phenoxy) is 1. The van der Waals surface area contributed by atoms with E-state index in [1.165, 1.54) is 5.38 Å². The number of carbonyl (C=O) groups is 1. The molecule has 6 nitrogen and oxygen atoms in total. The topological polar surface area (TPSA) is 85.4 Å². The molecule has 0 radical (unpaired) electrons. The number of rotatable bonds is 6. The van der Waals surface area contributed by atoms with E-state index in [1.807, 2.05) is 0 Å². The Morgan fingerprint density at radius 3 is 2.78 bits per heavy atom. The Labute approximate surface area is 135 Å². The number of hydrogen-bond donors (Lipinski definition) is 1. The van der Waals surface area contributed by atoms with Crippen molar-refractivity contribution in [2.24, 2.45) is 0 Å². The Kier molecular flexibility index (Phi) is 5.26. The van der Waals surface area contributed by atoms with Crippen LogP contribution in [0.1, 0.15) is 12.6 Å². The predicted octanol–water partition coefficient (Wildman–Crippen LogP) is 2.33. The molecular weight excluding hydrogens is 350 g/mol.